The van der Waals surface area contributed by atoms with Crippen LogP contribution in [0.3, 0.4) is 0 Å². The Morgan fingerprint density at radius 1 is 0.818 bits per heavy atom. The molecule has 4 aliphatic rings. The van der Waals surface area contributed by atoms with Gasteiger partial charge in [0.05, 0.1) is 24.4 Å². The third-order valence-corrected chi connectivity index (χ3v) is 12.0. The van der Waals surface area contributed by atoms with Crippen LogP contribution in [-0.4, -0.2) is 44.8 Å². The molecule has 0 aromatic heterocycles. The Morgan fingerprint density at radius 3 is 2.12 bits per heavy atom. The maximum atomic E-state index is 11.3. The molecule has 4 heteroatoms. The summed E-state index contributed by atoms with van der Waals surface area (Å²) in [6.07, 6.45) is 7.24. The molecule has 0 saturated heterocycles. The molecule has 0 amide bonds. The van der Waals surface area contributed by atoms with Gasteiger partial charge in [-0.2, -0.15) is 0 Å². The summed E-state index contributed by atoms with van der Waals surface area (Å²) in [5.41, 5.74) is 0.380. The Labute approximate surface area is 202 Å². The second kappa shape index (κ2) is 9.37. The van der Waals surface area contributed by atoms with Crippen molar-refractivity contribution in [3.63, 3.8) is 0 Å². The summed E-state index contributed by atoms with van der Waals surface area (Å²) in [7, 11) is 0. The van der Waals surface area contributed by atoms with Gasteiger partial charge in [-0.3, -0.25) is 0 Å². The van der Waals surface area contributed by atoms with E-state index in [-0.39, 0.29) is 22.7 Å². The summed E-state index contributed by atoms with van der Waals surface area (Å²) >= 11 is 0. The number of hydrogen-bond donors (Lipinski definition) is 4. The standard InChI is InChI=1S/C29H52O4/c1-7-19(16(2)3)27(33)26(32)17(4)21-10-11-22-20-9-8-18-14-24(30)25(31)15-29(18,6)23(20)12-13-28(21,22)5/h16-27,30-33H,7-15H2,1-6H3/t17-,18-,19-,20-,21+,22-,23-,24-,25+,26+,27+,28+,29-/m0/s1. The molecule has 0 aliphatic heterocycles. The van der Waals surface area contributed by atoms with Crippen molar-refractivity contribution in [2.75, 3.05) is 0 Å². The topological polar surface area (TPSA) is 80.9 Å². The summed E-state index contributed by atoms with van der Waals surface area (Å²) < 4.78 is 0. The molecule has 4 aliphatic carbocycles. The van der Waals surface area contributed by atoms with Crippen molar-refractivity contribution < 1.29 is 20.4 Å². The predicted molar refractivity (Wildman–Crippen MR) is 132 cm³/mol. The van der Waals surface area contributed by atoms with Gasteiger partial charge in [0.25, 0.3) is 0 Å². The molecule has 0 radical (unpaired) electrons. The van der Waals surface area contributed by atoms with Crippen molar-refractivity contribution in [1.29, 1.82) is 0 Å². The van der Waals surface area contributed by atoms with E-state index in [1.165, 1.54) is 32.1 Å². The van der Waals surface area contributed by atoms with Gasteiger partial charge < -0.3 is 20.4 Å². The molecule has 4 nitrogen and oxygen atoms in total. The molecule has 4 fully saturated rings. The SMILES string of the molecule is CC[C@@H](C(C)C)[C@@H](O)[C@H](O)[C@@H](C)[C@H]1CC[C@H]2[C@@H]3CC[C@H]4C[C@H](O)[C@H](O)C[C@]4(C)[C@H]3CC[C@]12C. The highest BCUT2D eigenvalue weighted by atomic mass is 16.3. The fourth-order valence-corrected chi connectivity index (χ4v) is 10.1. The summed E-state index contributed by atoms with van der Waals surface area (Å²) in [6, 6.07) is 0. The van der Waals surface area contributed by atoms with Gasteiger partial charge in [0.15, 0.2) is 0 Å². The zero-order valence-electron chi connectivity index (χ0n) is 22.1. The van der Waals surface area contributed by atoms with E-state index in [0.717, 1.165) is 25.7 Å². The first kappa shape index (κ1) is 25.9. The van der Waals surface area contributed by atoms with Crippen LogP contribution in [0.2, 0.25) is 0 Å². The van der Waals surface area contributed by atoms with Crippen molar-refractivity contribution in [2.24, 2.45) is 58.2 Å². The minimum atomic E-state index is -0.654. The molecule has 0 bridgehead atoms. The molecule has 4 saturated carbocycles. The van der Waals surface area contributed by atoms with E-state index in [0.29, 0.717) is 35.5 Å². The summed E-state index contributed by atoms with van der Waals surface area (Å²) in [4.78, 5) is 0. The molecule has 0 unspecified atom stereocenters. The largest absolute Gasteiger partial charge is 0.390 e. The van der Waals surface area contributed by atoms with Crippen LogP contribution < -0.4 is 0 Å². The first-order valence-corrected chi connectivity index (χ1v) is 14.2. The minimum Gasteiger partial charge on any atom is -0.390 e. The zero-order chi connectivity index (χ0) is 24.3. The van der Waals surface area contributed by atoms with Gasteiger partial charge in [-0.25, -0.2) is 0 Å². The van der Waals surface area contributed by atoms with E-state index in [1.54, 1.807) is 0 Å². The highest BCUT2D eigenvalue weighted by Crippen LogP contribution is 2.68. The highest BCUT2D eigenvalue weighted by Gasteiger charge is 2.62. The second-order valence-electron chi connectivity index (χ2n) is 13.6. The maximum Gasteiger partial charge on any atom is 0.0832 e. The molecule has 4 rings (SSSR count). The second-order valence-corrected chi connectivity index (χ2v) is 13.6. The van der Waals surface area contributed by atoms with Gasteiger partial charge >= 0.3 is 0 Å². The monoisotopic (exact) mass is 464 g/mol. The Balaban J connectivity index is 1.51. The number of hydrogen-bond acceptors (Lipinski definition) is 4. The Kier molecular flexibility index (Phi) is 7.36. The fourth-order valence-electron chi connectivity index (χ4n) is 10.1. The summed E-state index contributed by atoms with van der Waals surface area (Å²) in [5, 5.41) is 43.2. The third kappa shape index (κ3) is 4.13. The Morgan fingerprint density at radius 2 is 1.48 bits per heavy atom. The van der Waals surface area contributed by atoms with Crippen LogP contribution in [0.1, 0.15) is 99.3 Å². The molecule has 4 N–H and O–H groups in total. The van der Waals surface area contributed by atoms with Crippen LogP contribution in [0.4, 0.5) is 0 Å². The van der Waals surface area contributed by atoms with E-state index < -0.39 is 24.4 Å². The van der Waals surface area contributed by atoms with Gasteiger partial charge in [0, 0.05) is 0 Å². The smallest absolute Gasteiger partial charge is 0.0832 e. The molecule has 13 atom stereocenters. The first-order valence-electron chi connectivity index (χ1n) is 14.2. The summed E-state index contributed by atoms with van der Waals surface area (Å²) in [5.74, 6) is 3.65. The van der Waals surface area contributed by atoms with Gasteiger partial charge in [-0.05, 0) is 110 Å². The molecule has 33 heavy (non-hydrogen) atoms. The van der Waals surface area contributed by atoms with Crippen LogP contribution in [0, 0.1) is 58.2 Å². The third-order valence-electron chi connectivity index (χ3n) is 12.0. The van der Waals surface area contributed by atoms with E-state index in [4.69, 9.17) is 0 Å². The van der Waals surface area contributed by atoms with Crippen molar-refractivity contribution in [1.82, 2.24) is 0 Å². The molecular formula is C29H52O4. The van der Waals surface area contributed by atoms with Crippen LogP contribution >= 0.6 is 0 Å². The average Bonchev–Trinajstić information content (AvgIpc) is 3.11. The lowest BCUT2D eigenvalue weighted by Crippen LogP contribution is -2.57. The minimum absolute atomic E-state index is 0.109. The number of fused-ring (bicyclic) bond motifs is 5. The number of aliphatic hydroxyl groups is 4. The van der Waals surface area contributed by atoms with Crippen LogP contribution in [0.25, 0.3) is 0 Å². The molecule has 192 valence electrons. The zero-order valence-corrected chi connectivity index (χ0v) is 22.1. The van der Waals surface area contributed by atoms with Crippen LogP contribution in [0.15, 0.2) is 0 Å². The predicted octanol–water partition coefficient (Wildman–Crippen LogP) is 5.02. The van der Waals surface area contributed by atoms with Gasteiger partial charge in [0.1, 0.15) is 0 Å². The molecule has 0 aromatic carbocycles. The van der Waals surface area contributed by atoms with Crippen LogP contribution in [-0.2, 0) is 0 Å². The number of rotatable bonds is 6. The molecule has 0 heterocycles. The lowest BCUT2D eigenvalue weighted by Gasteiger charge is -2.61. The first-order chi connectivity index (χ1) is 15.5. The van der Waals surface area contributed by atoms with Crippen molar-refractivity contribution in [3.05, 3.63) is 0 Å². The molecular weight excluding hydrogens is 412 g/mol. The Hall–Kier alpha value is -0.160. The fraction of sp³-hybridized carbons (Fsp3) is 1.00. The highest BCUT2D eigenvalue weighted by molar-refractivity contribution is 5.11. The molecule has 0 aromatic rings. The van der Waals surface area contributed by atoms with E-state index >= 15 is 0 Å². The van der Waals surface area contributed by atoms with Gasteiger partial charge in [-0.15, -0.1) is 0 Å². The lowest BCUT2D eigenvalue weighted by molar-refractivity contribution is -0.163. The van der Waals surface area contributed by atoms with Gasteiger partial charge in [-0.1, -0.05) is 48.0 Å². The average molecular weight is 465 g/mol. The van der Waals surface area contributed by atoms with Crippen molar-refractivity contribution in [2.45, 2.75) is 124 Å². The molecule has 0 spiro atoms. The van der Waals surface area contributed by atoms with Crippen molar-refractivity contribution in [3.8, 4) is 0 Å². The van der Waals surface area contributed by atoms with E-state index in [1.807, 2.05) is 0 Å². The maximum absolute atomic E-state index is 11.3. The Bertz CT molecular complexity index is 681. The number of aliphatic hydroxyl groups excluding tert-OH is 4. The van der Waals surface area contributed by atoms with Crippen LogP contribution in [0.5, 0.6) is 0 Å². The summed E-state index contributed by atoms with van der Waals surface area (Å²) in [6.45, 7) is 13.5. The van der Waals surface area contributed by atoms with Crippen molar-refractivity contribution >= 4 is 0 Å². The van der Waals surface area contributed by atoms with E-state index in [2.05, 4.69) is 41.5 Å². The lowest BCUT2D eigenvalue weighted by atomic mass is 9.44. The normalized spacial score (nSPS) is 49.0. The van der Waals surface area contributed by atoms with E-state index in [9.17, 15) is 20.4 Å². The van der Waals surface area contributed by atoms with Gasteiger partial charge in [0.2, 0.25) is 0 Å². The quantitative estimate of drug-likeness (QED) is 0.445.